The van der Waals surface area contributed by atoms with Crippen LogP contribution in [0.2, 0.25) is 0 Å². The fourth-order valence-electron chi connectivity index (χ4n) is 0. The average Bonchev–Trinajstić information content (AvgIpc) is 0.722. The Morgan fingerprint density at radius 3 is 0.875 bits per heavy atom. The van der Waals surface area contributed by atoms with Crippen molar-refractivity contribution in [1.29, 1.82) is 0 Å². The maximum absolute atomic E-state index is 7.33. The fourth-order valence-corrected chi connectivity index (χ4v) is 0. The van der Waals surface area contributed by atoms with Gasteiger partial charge in [0.05, 0.1) is 0 Å². The van der Waals surface area contributed by atoms with Crippen molar-refractivity contribution in [3.05, 3.63) is 0 Å². The molecular weight excluding hydrogens is 228 g/mol. The molecule has 0 aliphatic rings. The van der Waals surface area contributed by atoms with E-state index >= 15 is 0 Å². The molecule has 0 aromatic heterocycles. The Hall–Kier alpha value is 2.75. The fraction of sp³-hybridized carbons (Fsp3) is 0. The molecule has 1 atom stereocenters. The Morgan fingerprint density at radius 2 is 0.875 bits per heavy atom. The molecule has 0 aromatic carbocycles. The Kier molecular flexibility index (Phi) is 27.3. The zero-order valence-electron chi connectivity index (χ0n) is 3.70. The Bertz CT molecular complexity index is 31.5. The van der Waals surface area contributed by atoms with Crippen LogP contribution in [0.4, 0.5) is 0 Å². The van der Waals surface area contributed by atoms with Gasteiger partial charge in [0.1, 0.15) is 0 Å². The molecule has 0 aliphatic carbocycles. The maximum Gasteiger partial charge on any atom is 0 e. The van der Waals surface area contributed by atoms with Crippen molar-refractivity contribution in [2.45, 2.75) is 0 Å². The Labute approximate surface area is 107 Å². The summed E-state index contributed by atoms with van der Waals surface area (Å²) in [5.74, 6) is 0. The second-order valence-corrected chi connectivity index (χ2v) is 1.80. The van der Waals surface area contributed by atoms with Crippen molar-refractivity contribution >= 4 is 70.3 Å². The standard InChI is InChI=1S/K.H4O4Si.H3P.Zn.H/c;1-5(2,3)4;;;/h;1-4H;1H3;;. The van der Waals surface area contributed by atoms with Crippen molar-refractivity contribution < 1.29 is 38.7 Å². The largest absolute Gasteiger partial charge is 0 e. The molecule has 8 heteroatoms. The van der Waals surface area contributed by atoms with Crippen LogP contribution in [-0.4, -0.2) is 79.6 Å². The van der Waals surface area contributed by atoms with Crippen molar-refractivity contribution in [2.24, 2.45) is 0 Å². The van der Waals surface area contributed by atoms with Crippen LogP contribution in [0.5, 0.6) is 0 Å². The second-order valence-electron chi connectivity index (χ2n) is 0.600. The Balaban J connectivity index is -0.0000000267. The van der Waals surface area contributed by atoms with Gasteiger partial charge in [-0.1, -0.05) is 0 Å². The van der Waals surface area contributed by atoms with Gasteiger partial charge in [0, 0.05) is 19.5 Å². The summed E-state index contributed by atoms with van der Waals surface area (Å²) in [5.41, 5.74) is 0. The molecular formula is H8KO4PSiZn. The van der Waals surface area contributed by atoms with E-state index in [1.165, 1.54) is 0 Å². The van der Waals surface area contributed by atoms with E-state index in [2.05, 4.69) is 0 Å². The summed E-state index contributed by atoms with van der Waals surface area (Å²) < 4.78 is 0. The third-order valence-corrected chi connectivity index (χ3v) is 0. The van der Waals surface area contributed by atoms with Crippen molar-refractivity contribution in [1.82, 2.24) is 0 Å². The van der Waals surface area contributed by atoms with Crippen LogP contribution in [0.3, 0.4) is 0 Å². The summed E-state index contributed by atoms with van der Waals surface area (Å²) in [6.45, 7) is 0. The van der Waals surface area contributed by atoms with Gasteiger partial charge in [-0.25, -0.2) is 0 Å². The number of rotatable bonds is 0. The molecule has 4 N–H and O–H groups in total. The van der Waals surface area contributed by atoms with E-state index in [1.54, 1.807) is 0 Å². The molecule has 0 heterocycles. The molecule has 4 nitrogen and oxygen atoms in total. The van der Waals surface area contributed by atoms with Gasteiger partial charge in [-0.2, -0.15) is 9.90 Å². The van der Waals surface area contributed by atoms with Crippen LogP contribution in [-0.2, 0) is 19.5 Å². The van der Waals surface area contributed by atoms with Gasteiger partial charge < -0.3 is 19.2 Å². The van der Waals surface area contributed by atoms with E-state index in [-0.39, 0.29) is 80.8 Å². The smallest absolute Gasteiger partial charge is 0 e. The SMILES string of the molecule is O[Si](O)(O)O.P.[KH].[Zn]. The van der Waals surface area contributed by atoms with E-state index in [0.717, 1.165) is 0 Å². The topological polar surface area (TPSA) is 80.9 Å². The first kappa shape index (κ1) is 22.4. The predicted octanol–water partition coefficient (Wildman–Crippen LogP) is -3.20. The van der Waals surface area contributed by atoms with Gasteiger partial charge in [0.25, 0.3) is 0 Å². The van der Waals surface area contributed by atoms with E-state index in [4.69, 9.17) is 19.2 Å². The minimum atomic E-state index is -4.61. The van der Waals surface area contributed by atoms with Gasteiger partial charge in [-0.05, 0) is 0 Å². The molecule has 0 saturated heterocycles. The van der Waals surface area contributed by atoms with E-state index < -0.39 is 9.05 Å². The van der Waals surface area contributed by atoms with Gasteiger partial charge in [0.15, 0.2) is 0 Å². The zero-order valence-corrected chi connectivity index (χ0v) is 9.08. The molecule has 0 fully saturated rings. The molecule has 0 spiro atoms. The summed E-state index contributed by atoms with van der Waals surface area (Å²) >= 11 is 0. The first-order valence-corrected chi connectivity index (χ1v) is 2.68. The van der Waals surface area contributed by atoms with Crippen LogP contribution in [0.15, 0.2) is 0 Å². The third kappa shape index (κ3) is 69.6. The minimum Gasteiger partial charge on any atom is 0 e. The molecule has 8 heavy (non-hydrogen) atoms. The quantitative estimate of drug-likeness (QED) is 0.263. The van der Waals surface area contributed by atoms with E-state index in [9.17, 15) is 0 Å². The summed E-state index contributed by atoms with van der Waals surface area (Å²) in [7, 11) is -4.61. The number of hydrogen-bond donors (Lipinski definition) is 4. The third-order valence-electron chi connectivity index (χ3n) is 0. The van der Waals surface area contributed by atoms with E-state index in [1.807, 2.05) is 0 Å². The second kappa shape index (κ2) is 9.75. The van der Waals surface area contributed by atoms with Crippen LogP contribution in [0, 0.1) is 0 Å². The summed E-state index contributed by atoms with van der Waals surface area (Å²) in [6.07, 6.45) is 0. The molecule has 0 aliphatic heterocycles. The zero-order chi connectivity index (χ0) is 4.50. The molecule has 1 unspecified atom stereocenters. The summed E-state index contributed by atoms with van der Waals surface area (Å²) in [6, 6.07) is 0. The first-order chi connectivity index (χ1) is 2.00. The van der Waals surface area contributed by atoms with E-state index in [0.29, 0.717) is 0 Å². The van der Waals surface area contributed by atoms with Crippen LogP contribution < -0.4 is 0 Å². The molecule has 0 radical (unpaired) electrons. The van der Waals surface area contributed by atoms with Gasteiger partial charge in [0.2, 0.25) is 0 Å². The molecule has 0 rings (SSSR count). The van der Waals surface area contributed by atoms with Crippen LogP contribution >= 0.6 is 9.90 Å². The summed E-state index contributed by atoms with van der Waals surface area (Å²) in [4.78, 5) is 29.3. The van der Waals surface area contributed by atoms with Crippen molar-refractivity contribution in [2.75, 3.05) is 0 Å². The van der Waals surface area contributed by atoms with Crippen molar-refractivity contribution in [3.8, 4) is 0 Å². The molecule has 0 aromatic rings. The molecule has 0 amide bonds. The first-order valence-electron chi connectivity index (χ1n) is 0.894. The number of hydrogen-bond acceptors (Lipinski definition) is 4. The maximum atomic E-state index is 7.33. The van der Waals surface area contributed by atoms with Crippen molar-refractivity contribution in [3.63, 3.8) is 0 Å². The molecule has 0 saturated carbocycles. The van der Waals surface area contributed by atoms with Gasteiger partial charge >= 0.3 is 60.4 Å². The Morgan fingerprint density at radius 1 is 0.875 bits per heavy atom. The monoisotopic (exact) mass is 234 g/mol. The van der Waals surface area contributed by atoms with Crippen LogP contribution in [0.1, 0.15) is 0 Å². The van der Waals surface area contributed by atoms with Gasteiger partial charge in [-0.15, -0.1) is 0 Å². The molecule has 0 bridgehead atoms. The van der Waals surface area contributed by atoms with Gasteiger partial charge in [-0.3, -0.25) is 0 Å². The van der Waals surface area contributed by atoms with Crippen LogP contribution in [0.25, 0.3) is 0 Å². The minimum absolute atomic E-state index is 0. The summed E-state index contributed by atoms with van der Waals surface area (Å²) in [5, 5.41) is 0. The predicted molar refractivity (Wildman–Crippen MR) is 32.9 cm³/mol. The normalized spacial score (nSPS) is 7.50. The average molecular weight is 236 g/mol. The molecule has 44 valence electrons.